The highest BCUT2D eigenvalue weighted by Crippen LogP contribution is 2.30. The summed E-state index contributed by atoms with van der Waals surface area (Å²) >= 11 is 9.78. The largest absolute Gasteiger partial charge is 0.457 e. The van der Waals surface area contributed by atoms with Gasteiger partial charge in [-0.2, -0.15) is 5.10 Å². The molecule has 20 heavy (non-hydrogen) atoms. The first-order valence-corrected chi connectivity index (χ1v) is 7.86. The molecule has 1 N–H and O–H groups in total. The number of nitrogens with zero attached hydrogens (tertiary/aromatic N) is 2. The van der Waals surface area contributed by atoms with Crippen molar-refractivity contribution >= 4 is 27.5 Å². The number of hydrogen-bond acceptors (Lipinski definition) is 3. The third kappa shape index (κ3) is 3.27. The summed E-state index contributed by atoms with van der Waals surface area (Å²) in [5.41, 5.74) is 3.16. The minimum absolute atomic E-state index is 0.156. The Morgan fingerprint density at radius 2 is 2.30 bits per heavy atom. The summed E-state index contributed by atoms with van der Waals surface area (Å²) in [4.78, 5) is 0. The van der Waals surface area contributed by atoms with Crippen molar-refractivity contribution in [1.29, 1.82) is 0 Å². The van der Waals surface area contributed by atoms with E-state index in [9.17, 15) is 0 Å². The molecule has 0 saturated heterocycles. The van der Waals surface area contributed by atoms with Crippen molar-refractivity contribution in [2.75, 3.05) is 6.54 Å². The number of hydrogen-bond donors (Lipinski definition) is 1. The second-order valence-electron chi connectivity index (χ2n) is 4.84. The molecular weight excluding hydrogens is 342 g/mol. The summed E-state index contributed by atoms with van der Waals surface area (Å²) in [6, 6.07) is 2.14. The predicted molar refractivity (Wildman–Crippen MR) is 84.1 cm³/mol. The zero-order valence-corrected chi connectivity index (χ0v) is 14.3. The van der Waals surface area contributed by atoms with Crippen LogP contribution in [0.3, 0.4) is 0 Å². The van der Waals surface area contributed by atoms with E-state index in [-0.39, 0.29) is 6.04 Å². The highest BCUT2D eigenvalue weighted by molar-refractivity contribution is 9.10. The molecule has 0 spiro atoms. The summed E-state index contributed by atoms with van der Waals surface area (Å²) in [6.07, 6.45) is 3.56. The van der Waals surface area contributed by atoms with Crippen molar-refractivity contribution in [3.8, 4) is 0 Å². The molecule has 0 aromatic carbocycles. The topological polar surface area (TPSA) is 43.0 Å². The van der Waals surface area contributed by atoms with E-state index >= 15 is 0 Å². The van der Waals surface area contributed by atoms with Gasteiger partial charge in [0.1, 0.15) is 5.15 Å². The summed E-state index contributed by atoms with van der Waals surface area (Å²) < 4.78 is 7.83. The van der Waals surface area contributed by atoms with Gasteiger partial charge in [-0.3, -0.25) is 4.68 Å². The molecule has 0 aliphatic heterocycles. The van der Waals surface area contributed by atoms with Crippen LogP contribution in [0.4, 0.5) is 0 Å². The maximum atomic E-state index is 6.33. The molecule has 1 unspecified atom stereocenters. The van der Waals surface area contributed by atoms with Crippen LogP contribution >= 0.6 is 27.5 Å². The maximum Gasteiger partial charge on any atom is 0.173 e. The SMILES string of the molecule is CCCNC(Cc1c(C)nn(C)c1Cl)c1ccoc1Br. The molecule has 2 aromatic rings. The van der Waals surface area contributed by atoms with Crippen LogP contribution in [0.25, 0.3) is 0 Å². The van der Waals surface area contributed by atoms with Crippen LogP contribution in [0, 0.1) is 6.92 Å². The molecule has 0 aliphatic carbocycles. The Labute approximate surface area is 132 Å². The lowest BCUT2D eigenvalue weighted by molar-refractivity contribution is 0.497. The van der Waals surface area contributed by atoms with E-state index in [4.69, 9.17) is 16.0 Å². The Morgan fingerprint density at radius 3 is 2.80 bits per heavy atom. The van der Waals surface area contributed by atoms with E-state index in [1.807, 2.05) is 20.0 Å². The van der Waals surface area contributed by atoms with Gasteiger partial charge in [0, 0.05) is 24.2 Å². The van der Waals surface area contributed by atoms with Crippen molar-refractivity contribution < 1.29 is 4.42 Å². The normalized spacial score (nSPS) is 12.8. The van der Waals surface area contributed by atoms with Crippen molar-refractivity contribution in [1.82, 2.24) is 15.1 Å². The van der Waals surface area contributed by atoms with Crippen molar-refractivity contribution in [3.05, 3.63) is 39.0 Å². The first-order chi connectivity index (χ1) is 9.54. The van der Waals surface area contributed by atoms with Crippen LogP contribution in [0.1, 0.15) is 36.2 Å². The van der Waals surface area contributed by atoms with Crippen molar-refractivity contribution in [2.45, 2.75) is 32.7 Å². The molecule has 0 amide bonds. The summed E-state index contributed by atoms with van der Waals surface area (Å²) in [6.45, 7) is 5.08. The molecule has 4 nitrogen and oxygen atoms in total. The van der Waals surface area contributed by atoms with Gasteiger partial charge in [-0.15, -0.1) is 0 Å². The van der Waals surface area contributed by atoms with Gasteiger partial charge in [-0.25, -0.2) is 0 Å². The van der Waals surface area contributed by atoms with Crippen LogP contribution in [0.5, 0.6) is 0 Å². The quantitative estimate of drug-likeness (QED) is 0.846. The molecule has 0 bridgehead atoms. The van der Waals surface area contributed by atoms with Crippen LogP contribution in [-0.4, -0.2) is 16.3 Å². The fourth-order valence-electron chi connectivity index (χ4n) is 2.27. The van der Waals surface area contributed by atoms with E-state index in [0.29, 0.717) is 5.15 Å². The van der Waals surface area contributed by atoms with E-state index in [1.54, 1.807) is 10.9 Å². The van der Waals surface area contributed by atoms with Gasteiger partial charge >= 0.3 is 0 Å². The number of nitrogens with one attached hydrogen (secondary N) is 1. The lowest BCUT2D eigenvalue weighted by Crippen LogP contribution is -2.24. The number of aromatic nitrogens is 2. The summed E-state index contributed by atoms with van der Waals surface area (Å²) in [7, 11) is 1.86. The average Bonchev–Trinajstić information content (AvgIpc) is 2.93. The lowest BCUT2D eigenvalue weighted by Gasteiger charge is -2.17. The van der Waals surface area contributed by atoms with Gasteiger partial charge in [-0.1, -0.05) is 18.5 Å². The Bertz CT molecular complexity index is 579. The molecular formula is C14H19BrClN3O. The Balaban J connectivity index is 2.26. The molecule has 2 heterocycles. The Kier molecular flexibility index (Phi) is 5.29. The number of rotatable bonds is 6. The zero-order chi connectivity index (χ0) is 14.7. The monoisotopic (exact) mass is 359 g/mol. The van der Waals surface area contributed by atoms with Crippen molar-refractivity contribution in [2.24, 2.45) is 7.05 Å². The van der Waals surface area contributed by atoms with Crippen LogP contribution in [0.2, 0.25) is 5.15 Å². The van der Waals surface area contributed by atoms with Gasteiger partial charge in [0.15, 0.2) is 4.67 Å². The second kappa shape index (κ2) is 6.78. The van der Waals surface area contributed by atoms with Crippen LogP contribution in [-0.2, 0) is 13.5 Å². The van der Waals surface area contributed by atoms with Gasteiger partial charge in [0.25, 0.3) is 0 Å². The Hall–Kier alpha value is -0.780. The number of halogens is 2. The highest BCUT2D eigenvalue weighted by atomic mass is 79.9. The number of aryl methyl sites for hydroxylation is 2. The fourth-order valence-corrected chi connectivity index (χ4v) is 3.04. The molecule has 0 radical (unpaired) electrons. The van der Waals surface area contributed by atoms with Gasteiger partial charge in [0.05, 0.1) is 12.0 Å². The average molecular weight is 361 g/mol. The standard InChI is InChI=1S/C14H19BrClN3O/c1-4-6-17-12(10-5-7-20-13(10)15)8-11-9(2)18-19(3)14(11)16/h5,7,12,17H,4,6,8H2,1-3H3. The molecule has 2 rings (SSSR count). The maximum absolute atomic E-state index is 6.33. The molecule has 0 aliphatic rings. The Morgan fingerprint density at radius 1 is 1.55 bits per heavy atom. The third-order valence-electron chi connectivity index (χ3n) is 3.34. The molecule has 2 aromatic heterocycles. The van der Waals surface area contributed by atoms with E-state index in [2.05, 4.69) is 33.3 Å². The lowest BCUT2D eigenvalue weighted by atomic mass is 10.0. The highest BCUT2D eigenvalue weighted by Gasteiger charge is 2.21. The second-order valence-corrected chi connectivity index (χ2v) is 5.92. The minimum atomic E-state index is 0.156. The van der Waals surface area contributed by atoms with E-state index in [0.717, 1.165) is 40.9 Å². The van der Waals surface area contributed by atoms with Gasteiger partial charge < -0.3 is 9.73 Å². The van der Waals surface area contributed by atoms with Gasteiger partial charge in [-0.05, 0) is 48.3 Å². The molecule has 6 heteroatoms. The molecule has 110 valence electrons. The minimum Gasteiger partial charge on any atom is -0.457 e. The first kappa shape index (κ1) is 15.6. The zero-order valence-electron chi connectivity index (χ0n) is 11.9. The third-order valence-corrected chi connectivity index (χ3v) is 4.46. The predicted octanol–water partition coefficient (Wildman–Crippen LogP) is 4.02. The molecule has 0 fully saturated rings. The summed E-state index contributed by atoms with van der Waals surface area (Å²) in [5.74, 6) is 0. The molecule has 1 atom stereocenters. The van der Waals surface area contributed by atoms with Crippen molar-refractivity contribution in [3.63, 3.8) is 0 Å². The fraction of sp³-hybridized carbons (Fsp3) is 0.500. The van der Waals surface area contributed by atoms with E-state index in [1.165, 1.54) is 0 Å². The summed E-state index contributed by atoms with van der Waals surface area (Å²) in [5, 5.41) is 8.61. The van der Waals surface area contributed by atoms with E-state index < -0.39 is 0 Å². The number of furan rings is 1. The molecule has 0 saturated carbocycles. The smallest absolute Gasteiger partial charge is 0.173 e. The first-order valence-electron chi connectivity index (χ1n) is 6.68. The van der Waals surface area contributed by atoms with Crippen LogP contribution in [0.15, 0.2) is 21.4 Å². The van der Waals surface area contributed by atoms with Crippen LogP contribution < -0.4 is 5.32 Å². The van der Waals surface area contributed by atoms with Gasteiger partial charge in [0.2, 0.25) is 0 Å².